The minimum Gasteiger partial charge on any atom is -0.369 e. The van der Waals surface area contributed by atoms with Gasteiger partial charge in [0.2, 0.25) is 5.91 Å². The van der Waals surface area contributed by atoms with Crippen LogP contribution in [0.25, 0.3) is 0 Å². The monoisotopic (exact) mass is 129 g/mol. The number of hydrogen-bond donors (Lipinski definition) is 2. The van der Waals surface area contributed by atoms with Gasteiger partial charge in [0.1, 0.15) is 0 Å². The van der Waals surface area contributed by atoms with Gasteiger partial charge in [0, 0.05) is 5.92 Å². The molecule has 1 amide bonds. The van der Waals surface area contributed by atoms with E-state index in [1.165, 1.54) is 0 Å². The molecule has 0 spiro atoms. The van der Waals surface area contributed by atoms with Crippen LogP contribution in [-0.4, -0.2) is 12.5 Å². The summed E-state index contributed by atoms with van der Waals surface area (Å²) in [6.07, 6.45) is 2.53. The standard InChI is InChI=1S/C6H13N2O/c1-5(6(8)9)3-2-4-7/h2,5H,3-4,7H2,1H3,(H2,8,9)/t5-/m0/s1. The molecule has 1 radical (unpaired) electrons. The highest BCUT2D eigenvalue weighted by Gasteiger charge is 2.06. The largest absolute Gasteiger partial charge is 0.369 e. The van der Waals surface area contributed by atoms with E-state index >= 15 is 0 Å². The predicted octanol–water partition coefficient (Wildman–Crippen LogP) is -0.339. The summed E-state index contributed by atoms with van der Waals surface area (Å²) in [5.74, 6) is -0.340. The molecule has 53 valence electrons. The van der Waals surface area contributed by atoms with E-state index in [1.54, 1.807) is 6.92 Å². The summed E-state index contributed by atoms with van der Waals surface area (Å²) in [7, 11) is 0. The van der Waals surface area contributed by atoms with E-state index in [0.717, 1.165) is 0 Å². The third-order valence-corrected chi connectivity index (χ3v) is 1.17. The number of hydrogen-bond acceptors (Lipinski definition) is 2. The Bertz CT molecular complexity index is 93.1. The van der Waals surface area contributed by atoms with E-state index < -0.39 is 0 Å². The molecule has 0 rings (SSSR count). The van der Waals surface area contributed by atoms with Crippen molar-refractivity contribution in [3.63, 3.8) is 0 Å². The second-order valence-electron chi connectivity index (χ2n) is 2.06. The fraction of sp³-hybridized carbons (Fsp3) is 0.667. The minimum atomic E-state index is -0.264. The lowest BCUT2D eigenvalue weighted by molar-refractivity contribution is -0.121. The van der Waals surface area contributed by atoms with Gasteiger partial charge in [-0.1, -0.05) is 6.92 Å². The molecular formula is C6H13N2O. The summed E-state index contributed by atoms with van der Waals surface area (Å²) in [5, 5.41) is 0. The van der Waals surface area contributed by atoms with Crippen LogP contribution in [0, 0.1) is 12.3 Å². The maximum atomic E-state index is 10.4. The average Bonchev–Trinajstić information content (AvgIpc) is 1.82. The molecular weight excluding hydrogens is 116 g/mol. The Hall–Kier alpha value is -0.570. The van der Waals surface area contributed by atoms with E-state index in [4.69, 9.17) is 11.5 Å². The van der Waals surface area contributed by atoms with Crippen molar-refractivity contribution in [2.75, 3.05) is 6.54 Å². The molecule has 3 heteroatoms. The Kier molecular flexibility index (Phi) is 4.05. The Morgan fingerprint density at radius 3 is 2.67 bits per heavy atom. The molecule has 4 N–H and O–H groups in total. The highest BCUT2D eigenvalue weighted by molar-refractivity contribution is 5.76. The summed E-state index contributed by atoms with van der Waals surface area (Å²) >= 11 is 0. The molecule has 1 atom stereocenters. The first-order chi connectivity index (χ1) is 4.18. The van der Waals surface area contributed by atoms with Crippen LogP contribution in [0.3, 0.4) is 0 Å². The normalized spacial score (nSPS) is 13.1. The topological polar surface area (TPSA) is 69.1 Å². The molecule has 0 unspecified atom stereocenters. The van der Waals surface area contributed by atoms with Crippen molar-refractivity contribution < 1.29 is 4.79 Å². The van der Waals surface area contributed by atoms with Gasteiger partial charge in [0.15, 0.2) is 0 Å². The lowest BCUT2D eigenvalue weighted by Gasteiger charge is -2.03. The van der Waals surface area contributed by atoms with Gasteiger partial charge in [-0.05, 0) is 19.4 Å². The zero-order valence-electron chi connectivity index (χ0n) is 5.63. The van der Waals surface area contributed by atoms with Gasteiger partial charge in [0.25, 0.3) is 0 Å². The first kappa shape index (κ1) is 8.43. The van der Waals surface area contributed by atoms with Crippen molar-refractivity contribution in [1.29, 1.82) is 0 Å². The van der Waals surface area contributed by atoms with Gasteiger partial charge < -0.3 is 11.5 Å². The minimum absolute atomic E-state index is 0.0754. The van der Waals surface area contributed by atoms with Crippen molar-refractivity contribution in [3.8, 4) is 0 Å². The summed E-state index contributed by atoms with van der Waals surface area (Å²) in [6.45, 7) is 2.30. The van der Waals surface area contributed by atoms with E-state index in [2.05, 4.69) is 0 Å². The number of carbonyl (C=O) groups excluding carboxylic acids is 1. The van der Waals surface area contributed by atoms with Crippen LogP contribution in [0.2, 0.25) is 0 Å². The van der Waals surface area contributed by atoms with Crippen molar-refractivity contribution in [2.24, 2.45) is 17.4 Å². The predicted molar refractivity (Wildman–Crippen MR) is 36.3 cm³/mol. The van der Waals surface area contributed by atoms with Crippen LogP contribution in [-0.2, 0) is 4.79 Å². The van der Waals surface area contributed by atoms with Crippen molar-refractivity contribution in [3.05, 3.63) is 6.42 Å². The molecule has 3 nitrogen and oxygen atoms in total. The van der Waals surface area contributed by atoms with Gasteiger partial charge in [-0.2, -0.15) is 0 Å². The van der Waals surface area contributed by atoms with E-state index in [-0.39, 0.29) is 11.8 Å². The van der Waals surface area contributed by atoms with E-state index in [1.807, 2.05) is 6.42 Å². The molecule has 0 aromatic heterocycles. The van der Waals surface area contributed by atoms with E-state index in [0.29, 0.717) is 13.0 Å². The summed E-state index contributed by atoms with van der Waals surface area (Å²) < 4.78 is 0. The number of amides is 1. The number of primary amides is 1. The van der Waals surface area contributed by atoms with Crippen molar-refractivity contribution in [2.45, 2.75) is 13.3 Å². The zero-order chi connectivity index (χ0) is 7.28. The molecule has 0 aromatic carbocycles. The lowest BCUT2D eigenvalue weighted by atomic mass is 10.1. The van der Waals surface area contributed by atoms with Gasteiger partial charge >= 0.3 is 0 Å². The number of rotatable bonds is 4. The maximum Gasteiger partial charge on any atom is 0.220 e. The Morgan fingerprint density at radius 1 is 1.78 bits per heavy atom. The fourth-order valence-corrected chi connectivity index (χ4v) is 0.462. The first-order valence-corrected chi connectivity index (χ1v) is 2.99. The van der Waals surface area contributed by atoms with Crippen molar-refractivity contribution in [1.82, 2.24) is 0 Å². The first-order valence-electron chi connectivity index (χ1n) is 2.99. The molecule has 0 bridgehead atoms. The lowest BCUT2D eigenvalue weighted by Crippen LogP contribution is -2.21. The van der Waals surface area contributed by atoms with Gasteiger partial charge in [-0.3, -0.25) is 4.79 Å². The smallest absolute Gasteiger partial charge is 0.220 e. The molecule has 0 fully saturated rings. The second-order valence-corrected chi connectivity index (χ2v) is 2.06. The third-order valence-electron chi connectivity index (χ3n) is 1.17. The molecule has 0 aliphatic carbocycles. The second kappa shape index (κ2) is 4.32. The molecule has 0 aliphatic rings. The van der Waals surface area contributed by atoms with Gasteiger partial charge in [-0.25, -0.2) is 0 Å². The van der Waals surface area contributed by atoms with Crippen LogP contribution in [0.15, 0.2) is 0 Å². The molecule has 0 aliphatic heterocycles. The fourth-order valence-electron chi connectivity index (χ4n) is 0.462. The SMILES string of the molecule is C[C@@H](C[CH]CN)C(N)=O. The van der Waals surface area contributed by atoms with Crippen LogP contribution < -0.4 is 11.5 Å². The summed E-state index contributed by atoms with van der Waals surface area (Å²) in [6, 6.07) is 0. The highest BCUT2D eigenvalue weighted by Crippen LogP contribution is 2.00. The highest BCUT2D eigenvalue weighted by atomic mass is 16.1. The van der Waals surface area contributed by atoms with Crippen LogP contribution in [0.1, 0.15) is 13.3 Å². The molecule has 0 saturated carbocycles. The van der Waals surface area contributed by atoms with Crippen LogP contribution in [0.4, 0.5) is 0 Å². The van der Waals surface area contributed by atoms with Crippen LogP contribution >= 0.6 is 0 Å². The molecule has 0 heterocycles. The van der Waals surface area contributed by atoms with E-state index in [9.17, 15) is 4.79 Å². The van der Waals surface area contributed by atoms with Gasteiger partial charge in [0.05, 0.1) is 0 Å². The average molecular weight is 129 g/mol. The molecule has 0 saturated heterocycles. The summed E-state index contributed by atoms with van der Waals surface area (Å²) in [5.41, 5.74) is 10.1. The number of nitrogens with two attached hydrogens (primary N) is 2. The third kappa shape index (κ3) is 3.97. The summed E-state index contributed by atoms with van der Waals surface area (Å²) in [4.78, 5) is 10.4. The molecule has 0 aromatic rings. The van der Waals surface area contributed by atoms with Gasteiger partial charge in [-0.15, -0.1) is 0 Å². The van der Waals surface area contributed by atoms with Crippen LogP contribution in [0.5, 0.6) is 0 Å². The van der Waals surface area contributed by atoms with Crippen molar-refractivity contribution >= 4 is 5.91 Å². The zero-order valence-corrected chi connectivity index (χ0v) is 5.63. The quantitative estimate of drug-likeness (QED) is 0.545. The Balaban J connectivity index is 3.27. The Labute approximate surface area is 55.4 Å². The number of carbonyl (C=O) groups is 1. The maximum absolute atomic E-state index is 10.4. The molecule has 9 heavy (non-hydrogen) atoms. The Morgan fingerprint density at radius 2 is 2.33 bits per heavy atom.